The maximum atomic E-state index is 11.9. The summed E-state index contributed by atoms with van der Waals surface area (Å²) in [6, 6.07) is 1.92. The summed E-state index contributed by atoms with van der Waals surface area (Å²) in [6.07, 6.45) is 0. The molecule has 2 aromatic heterocycles. The van der Waals surface area contributed by atoms with Gasteiger partial charge in [0.1, 0.15) is 4.83 Å². The van der Waals surface area contributed by atoms with Crippen molar-refractivity contribution < 1.29 is 4.79 Å². The van der Waals surface area contributed by atoms with Gasteiger partial charge in [0, 0.05) is 27.2 Å². The second-order valence-electron chi connectivity index (χ2n) is 4.28. The molecule has 0 aliphatic rings. The molecule has 0 saturated carbocycles. The topological polar surface area (TPSA) is 57.3 Å². The fourth-order valence-electron chi connectivity index (χ4n) is 1.56. The number of likely N-dealkylation sites (N-methyl/N-ethyl adjacent to an activating group) is 1. The Morgan fingerprint density at radius 2 is 2.16 bits per heavy atom. The summed E-state index contributed by atoms with van der Waals surface area (Å²) in [5.41, 5.74) is 0. The van der Waals surface area contributed by atoms with Gasteiger partial charge in [0.05, 0.1) is 9.58 Å². The quantitative estimate of drug-likeness (QED) is 0.798. The summed E-state index contributed by atoms with van der Waals surface area (Å²) >= 11 is 3.06. The number of fused-ring (bicyclic) bond motifs is 1. The summed E-state index contributed by atoms with van der Waals surface area (Å²) in [6.45, 7) is 4.41. The molecule has 0 radical (unpaired) electrons. The molecule has 0 spiro atoms. The molecule has 2 aromatic rings. The zero-order valence-electron chi connectivity index (χ0n) is 11.3. The first-order chi connectivity index (χ1) is 9.11. The number of nitrogens with one attached hydrogen (secondary N) is 2. The number of carbonyl (C=O) groups excluding carboxylic acids is 1. The van der Waals surface area contributed by atoms with Crippen LogP contribution in [0.3, 0.4) is 0 Å². The Morgan fingerprint density at radius 1 is 1.37 bits per heavy atom. The zero-order chi connectivity index (χ0) is 13.8. The van der Waals surface area contributed by atoms with E-state index >= 15 is 0 Å². The van der Waals surface area contributed by atoms with Gasteiger partial charge in [0.25, 0.3) is 5.91 Å². The Morgan fingerprint density at radius 3 is 2.79 bits per heavy atom. The highest BCUT2D eigenvalue weighted by Gasteiger charge is 2.14. The number of aromatic nitrogens is 1. The summed E-state index contributed by atoms with van der Waals surface area (Å²) in [4.78, 5) is 20.1. The average Bonchev–Trinajstić information content (AvgIpc) is 2.92. The fraction of sp³-hybridized carbons (Fsp3) is 0.500. The maximum Gasteiger partial charge on any atom is 0.261 e. The molecule has 1 amide bonds. The molecule has 2 heterocycles. The van der Waals surface area contributed by atoms with E-state index in [0.717, 1.165) is 32.6 Å². The minimum Gasteiger partial charge on any atom is -0.354 e. The van der Waals surface area contributed by atoms with Crippen LogP contribution >= 0.6 is 22.7 Å². The molecule has 0 aliphatic heterocycles. The van der Waals surface area contributed by atoms with Gasteiger partial charge in [0.15, 0.2) is 5.13 Å². The standard InChI is InChI=1S/C12H18N4OS2/c1-4-13-5-6-14-10(17)8-7-9-11(18-8)15-12(19-9)16(2)3/h7,13H,4-6H2,1-3H3,(H,14,17). The number of carbonyl (C=O) groups is 1. The van der Waals surface area contributed by atoms with Crippen molar-refractivity contribution in [2.45, 2.75) is 6.92 Å². The largest absolute Gasteiger partial charge is 0.354 e. The van der Waals surface area contributed by atoms with Crippen LogP contribution in [-0.4, -0.2) is 44.6 Å². The molecule has 0 atom stereocenters. The van der Waals surface area contributed by atoms with E-state index in [2.05, 4.69) is 15.6 Å². The molecule has 0 aliphatic carbocycles. The van der Waals surface area contributed by atoms with Crippen molar-refractivity contribution in [3.8, 4) is 0 Å². The normalized spacial score (nSPS) is 10.9. The van der Waals surface area contributed by atoms with Crippen LogP contribution < -0.4 is 15.5 Å². The van der Waals surface area contributed by atoms with Crippen LogP contribution in [-0.2, 0) is 0 Å². The minimum atomic E-state index is -0.0143. The molecular formula is C12H18N4OS2. The third kappa shape index (κ3) is 3.43. The molecule has 0 fully saturated rings. The summed E-state index contributed by atoms with van der Waals surface area (Å²) in [5.74, 6) is -0.0143. The smallest absolute Gasteiger partial charge is 0.261 e. The van der Waals surface area contributed by atoms with E-state index in [4.69, 9.17) is 0 Å². The lowest BCUT2D eigenvalue weighted by Crippen LogP contribution is -2.31. The summed E-state index contributed by atoms with van der Waals surface area (Å²) < 4.78 is 1.07. The third-order valence-corrected chi connectivity index (χ3v) is 4.85. The minimum absolute atomic E-state index is 0.0143. The first-order valence-corrected chi connectivity index (χ1v) is 7.81. The predicted octanol–water partition coefficient (Wildman–Crippen LogP) is 1.76. The highest BCUT2D eigenvalue weighted by molar-refractivity contribution is 7.29. The van der Waals surface area contributed by atoms with E-state index < -0.39 is 0 Å². The monoisotopic (exact) mass is 298 g/mol. The lowest BCUT2D eigenvalue weighted by Gasteiger charge is -2.05. The van der Waals surface area contributed by atoms with Gasteiger partial charge in [-0.3, -0.25) is 4.79 Å². The molecular weight excluding hydrogens is 280 g/mol. The maximum absolute atomic E-state index is 11.9. The lowest BCUT2D eigenvalue weighted by molar-refractivity contribution is 0.0958. The van der Waals surface area contributed by atoms with Crippen molar-refractivity contribution in [3.05, 3.63) is 10.9 Å². The Bertz CT molecular complexity index is 530. The first kappa shape index (κ1) is 14.2. The van der Waals surface area contributed by atoms with Crippen LogP contribution in [0.5, 0.6) is 0 Å². The molecule has 0 aromatic carbocycles. The number of anilines is 1. The van der Waals surface area contributed by atoms with Gasteiger partial charge < -0.3 is 15.5 Å². The number of amides is 1. The van der Waals surface area contributed by atoms with Gasteiger partial charge in [-0.2, -0.15) is 0 Å². The van der Waals surface area contributed by atoms with E-state index in [1.54, 1.807) is 11.3 Å². The van der Waals surface area contributed by atoms with Crippen LogP contribution in [0.25, 0.3) is 9.53 Å². The molecule has 5 nitrogen and oxygen atoms in total. The molecule has 2 N–H and O–H groups in total. The van der Waals surface area contributed by atoms with Crippen molar-refractivity contribution >= 4 is 43.2 Å². The van der Waals surface area contributed by atoms with Gasteiger partial charge in [-0.25, -0.2) is 4.98 Å². The number of thiophene rings is 1. The van der Waals surface area contributed by atoms with Crippen LogP contribution in [0.4, 0.5) is 5.13 Å². The fourth-order valence-corrected chi connectivity index (χ4v) is 3.61. The lowest BCUT2D eigenvalue weighted by atomic mass is 10.4. The number of hydrogen-bond donors (Lipinski definition) is 2. The van der Waals surface area contributed by atoms with Crippen molar-refractivity contribution in [2.24, 2.45) is 0 Å². The Balaban J connectivity index is 2.00. The van der Waals surface area contributed by atoms with Crippen molar-refractivity contribution in [2.75, 3.05) is 38.6 Å². The second kappa shape index (κ2) is 6.31. The van der Waals surface area contributed by atoms with E-state index in [9.17, 15) is 4.79 Å². The van der Waals surface area contributed by atoms with Crippen LogP contribution in [0.15, 0.2) is 6.07 Å². The highest BCUT2D eigenvalue weighted by Crippen LogP contribution is 2.33. The van der Waals surface area contributed by atoms with Crippen molar-refractivity contribution in [1.82, 2.24) is 15.6 Å². The number of thiazole rings is 1. The predicted molar refractivity (Wildman–Crippen MR) is 82.7 cm³/mol. The number of hydrogen-bond acceptors (Lipinski definition) is 6. The molecule has 19 heavy (non-hydrogen) atoms. The van der Waals surface area contributed by atoms with E-state index in [1.807, 2.05) is 32.0 Å². The molecule has 0 unspecified atom stereocenters. The summed E-state index contributed by atoms with van der Waals surface area (Å²) in [7, 11) is 3.94. The summed E-state index contributed by atoms with van der Waals surface area (Å²) in [5, 5.41) is 7.04. The van der Waals surface area contributed by atoms with Gasteiger partial charge in [-0.15, -0.1) is 11.3 Å². The average molecular weight is 298 g/mol. The number of nitrogens with zero attached hydrogens (tertiary/aromatic N) is 2. The van der Waals surface area contributed by atoms with Crippen LogP contribution in [0.1, 0.15) is 16.6 Å². The van der Waals surface area contributed by atoms with Crippen LogP contribution in [0, 0.1) is 0 Å². The SMILES string of the molecule is CCNCCNC(=O)c1cc2sc(N(C)C)nc2s1. The van der Waals surface area contributed by atoms with E-state index in [1.165, 1.54) is 11.3 Å². The molecule has 0 bridgehead atoms. The molecule has 0 saturated heterocycles. The van der Waals surface area contributed by atoms with E-state index in [0.29, 0.717) is 6.54 Å². The van der Waals surface area contributed by atoms with Gasteiger partial charge in [-0.05, 0) is 12.6 Å². The van der Waals surface area contributed by atoms with Gasteiger partial charge in [-0.1, -0.05) is 18.3 Å². The Labute approximate surface area is 120 Å². The molecule has 7 heteroatoms. The highest BCUT2D eigenvalue weighted by atomic mass is 32.1. The molecule has 104 valence electrons. The second-order valence-corrected chi connectivity index (χ2v) is 6.32. The molecule has 2 rings (SSSR count). The van der Waals surface area contributed by atoms with Crippen molar-refractivity contribution in [3.63, 3.8) is 0 Å². The Hall–Kier alpha value is -1.18. The van der Waals surface area contributed by atoms with Gasteiger partial charge in [0.2, 0.25) is 0 Å². The Kier molecular flexibility index (Phi) is 4.73. The van der Waals surface area contributed by atoms with Gasteiger partial charge >= 0.3 is 0 Å². The number of rotatable bonds is 6. The zero-order valence-corrected chi connectivity index (χ0v) is 13.0. The van der Waals surface area contributed by atoms with Crippen molar-refractivity contribution in [1.29, 1.82) is 0 Å². The van der Waals surface area contributed by atoms with E-state index in [-0.39, 0.29) is 5.91 Å². The van der Waals surface area contributed by atoms with Crippen LogP contribution in [0.2, 0.25) is 0 Å². The third-order valence-electron chi connectivity index (χ3n) is 2.52. The first-order valence-electron chi connectivity index (χ1n) is 6.18.